The number of hydrogen-bond donors (Lipinski definition) is 1. The molecule has 136 valence electrons. The molecule has 1 aliphatic rings. The van der Waals surface area contributed by atoms with E-state index >= 15 is 0 Å². The van der Waals surface area contributed by atoms with Crippen molar-refractivity contribution in [2.24, 2.45) is 0 Å². The molecule has 0 bridgehead atoms. The minimum atomic E-state index is -0.0593. The molecule has 1 saturated heterocycles. The molecule has 1 heterocycles. The summed E-state index contributed by atoms with van der Waals surface area (Å²) in [6.07, 6.45) is 3.21. The van der Waals surface area contributed by atoms with E-state index in [0.717, 1.165) is 9.79 Å². The van der Waals surface area contributed by atoms with E-state index in [0.29, 0.717) is 47.6 Å². The number of rotatable bonds is 4. The van der Waals surface area contributed by atoms with E-state index in [9.17, 15) is 4.79 Å². The van der Waals surface area contributed by atoms with Gasteiger partial charge in [-0.2, -0.15) is 0 Å². The Balaban J connectivity index is 1.75. The molecule has 0 spiro atoms. The van der Waals surface area contributed by atoms with Crippen molar-refractivity contribution in [2.45, 2.75) is 9.79 Å². The van der Waals surface area contributed by atoms with Gasteiger partial charge in [-0.15, -0.1) is 0 Å². The molecule has 0 unspecified atom stereocenters. The fourth-order valence-corrected chi connectivity index (χ4v) is 3.97. The number of carbonyl (C=O) groups is 1. The number of nitrogens with zero attached hydrogens (tertiary/aromatic N) is 1. The number of halogens is 2. The first-order chi connectivity index (χ1) is 12.6. The Hall–Kier alpha value is -1.66. The standard InChI is InChI=1S/C19H18Cl2N2O2S/c20-18-13(6-8-17(24)23-9-11-25-12-10-23)5-7-16(19(18)21)26-15-4-2-1-3-14(15)22/h1-8H,9-12,22H2/b8-6+. The SMILES string of the molecule is Nc1ccccc1Sc1ccc(/C=C/C(=O)N2CCOCC2)c(Cl)c1Cl. The lowest BCUT2D eigenvalue weighted by atomic mass is 10.2. The molecule has 0 saturated carbocycles. The maximum Gasteiger partial charge on any atom is 0.246 e. The zero-order valence-corrected chi connectivity index (χ0v) is 16.3. The van der Waals surface area contributed by atoms with Crippen LogP contribution in [0.4, 0.5) is 5.69 Å². The lowest BCUT2D eigenvalue weighted by molar-refractivity contribution is -0.129. The number of benzene rings is 2. The van der Waals surface area contributed by atoms with Gasteiger partial charge in [-0.25, -0.2) is 0 Å². The number of carbonyl (C=O) groups excluding carboxylic acids is 1. The van der Waals surface area contributed by atoms with Crippen molar-refractivity contribution in [3.8, 4) is 0 Å². The lowest BCUT2D eigenvalue weighted by Gasteiger charge is -2.25. The third kappa shape index (κ3) is 4.54. The second kappa shape index (κ2) is 8.82. The third-order valence-electron chi connectivity index (χ3n) is 3.94. The molecule has 1 fully saturated rings. The van der Waals surface area contributed by atoms with E-state index in [1.54, 1.807) is 11.0 Å². The van der Waals surface area contributed by atoms with Crippen LogP contribution in [0.5, 0.6) is 0 Å². The van der Waals surface area contributed by atoms with Gasteiger partial charge in [0.05, 0.1) is 23.3 Å². The van der Waals surface area contributed by atoms with Crippen LogP contribution in [-0.4, -0.2) is 37.1 Å². The molecular formula is C19H18Cl2N2O2S. The van der Waals surface area contributed by atoms with Crippen molar-refractivity contribution < 1.29 is 9.53 Å². The summed E-state index contributed by atoms with van der Waals surface area (Å²) in [6.45, 7) is 2.35. The Morgan fingerprint density at radius 3 is 2.54 bits per heavy atom. The number of morpholine rings is 1. The first-order valence-corrected chi connectivity index (χ1v) is 9.68. The lowest BCUT2D eigenvalue weighted by Crippen LogP contribution is -2.39. The van der Waals surface area contributed by atoms with E-state index in [2.05, 4.69) is 0 Å². The summed E-state index contributed by atoms with van der Waals surface area (Å²) in [6, 6.07) is 11.3. The monoisotopic (exact) mass is 408 g/mol. The molecule has 2 N–H and O–H groups in total. The van der Waals surface area contributed by atoms with Crippen LogP contribution in [0.3, 0.4) is 0 Å². The van der Waals surface area contributed by atoms with Crippen molar-refractivity contribution in [3.05, 3.63) is 58.1 Å². The maximum absolute atomic E-state index is 12.2. The van der Waals surface area contributed by atoms with E-state index in [4.69, 9.17) is 33.7 Å². The maximum atomic E-state index is 12.2. The van der Waals surface area contributed by atoms with Gasteiger partial charge in [0.15, 0.2) is 0 Å². The van der Waals surface area contributed by atoms with Crippen molar-refractivity contribution in [2.75, 3.05) is 32.0 Å². The summed E-state index contributed by atoms with van der Waals surface area (Å²) in [5, 5.41) is 0.859. The minimum absolute atomic E-state index is 0.0593. The van der Waals surface area contributed by atoms with E-state index < -0.39 is 0 Å². The Morgan fingerprint density at radius 1 is 1.08 bits per heavy atom. The Kier molecular flexibility index (Phi) is 6.48. The Morgan fingerprint density at radius 2 is 1.81 bits per heavy atom. The van der Waals surface area contributed by atoms with Gasteiger partial charge in [-0.05, 0) is 29.8 Å². The molecule has 7 heteroatoms. The third-order valence-corrected chi connectivity index (χ3v) is 6.10. The number of anilines is 1. The molecule has 2 aromatic carbocycles. The highest BCUT2D eigenvalue weighted by molar-refractivity contribution is 7.99. The Bertz CT molecular complexity index is 836. The van der Waals surface area contributed by atoms with Crippen LogP contribution >= 0.6 is 35.0 Å². The van der Waals surface area contributed by atoms with Crippen LogP contribution in [0.2, 0.25) is 10.0 Å². The molecule has 1 amide bonds. The summed E-state index contributed by atoms with van der Waals surface area (Å²) >= 11 is 14.3. The van der Waals surface area contributed by atoms with Crippen LogP contribution in [0, 0.1) is 0 Å². The Labute approximate surface area is 166 Å². The van der Waals surface area contributed by atoms with E-state index in [-0.39, 0.29) is 5.91 Å². The molecule has 3 rings (SSSR count). The van der Waals surface area contributed by atoms with Gasteiger partial charge in [0.2, 0.25) is 5.91 Å². The van der Waals surface area contributed by atoms with Crippen molar-refractivity contribution in [3.63, 3.8) is 0 Å². The van der Waals surface area contributed by atoms with Gasteiger partial charge in [-0.1, -0.05) is 53.2 Å². The zero-order chi connectivity index (χ0) is 18.5. The average Bonchev–Trinajstić information content (AvgIpc) is 2.67. The number of ether oxygens (including phenoxy) is 1. The highest BCUT2D eigenvalue weighted by Gasteiger charge is 2.15. The second-order valence-corrected chi connectivity index (χ2v) is 7.53. The number of nitrogen functional groups attached to an aromatic ring is 1. The molecular weight excluding hydrogens is 391 g/mol. The van der Waals surface area contributed by atoms with Gasteiger partial charge in [0.1, 0.15) is 0 Å². The van der Waals surface area contributed by atoms with Crippen LogP contribution < -0.4 is 5.73 Å². The topological polar surface area (TPSA) is 55.6 Å². The fourth-order valence-electron chi connectivity index (χ4n) is 2.50. The van der Waals surface area contributed by atoms with Gasteiger partial charge in [-0.3, -0.25) is 4.79 Å². The predicted molar refractivity (Wildman–Crippen MR) is 108 cm³/mol. The number of hydrogen-bond acceptors (Lipinski definition) is 4. The van der Waals surface area contributed by atoms with Gasteiger partial charge in [0, 0.05) is 34.6 Å². The van der Waals surface area contributed by atoms with Crippen molar-refractivity contribution in [1.29, 1.82) is 0 Å². The van der Waals surface area contributed by atoms with Gasteiger partial charge < -0.3 is 15.4 Å². The summed E-state index contributed by atoms with van der Waals surface area (Å²) in [5.74, 6) is -0.0593. The predicted octanol–water partition coefficient (Wildman–Crippen LogP) is 4.60. The first-order valence-electron chi connectivity index (χ1n) is 8.11. The smallest absolute Gasteiger partial charge is 0.246 e. The van der Waals surface area contributed by atoms with Crippen LogP contribution in [0.25, 0.3) is 6.08 Å². The molecule has 0 atom stereocenters. The van der Waals surface area contributed by atoms with Crippen molar-refractivity contribution >= 4 is 52.6 Å². The average molecular weight is 409 g/mol. The molecule has 4 nitrogen and oxygen atoms in total. The highest BCUT2D eigenvalue weighted by Crippen LogP contribution is 2.40. The molecule has 0 radical (unpaired) electrons. The minimum Gasteiger partial charge on any atom is -0.398 e. The van der Waals surface area contributed by atoms with Gasteiger partial charge >= 0.3 is 0 Å². The molecule has 2 aromatic rings. The largest absolute Gasteiger partial charge is 0.398 e. The number of para-hydroxylation sites is 1. The quantitative estimate of drug-likeness (QED) is 0.593. The normalized spacial score (nSPS) is 14.8. The number of amides is 1. The van der Waals surface area contributed by atoms with Crippen molar-refractivity contribution in [1.82, 2.24) is 4.90 Å². The summed E-state index contributed by atoms with van der Waals surface area (Å²) < 4.78 is 5.25. The summed E-state index contributed by atoms with van der Waals surface area (Å²) in [7, 11) is 0. The number of nitrogens with two attached hydrogens (primary N) is 1. The van der Waals surface area contributed by atoms with E-state index in [1.165, 1.54) is 17.8 Å². The van der Waals surface area contributed by atoms with Crippen LogP contribution in [0.1, 0.15) is 5.56 Å². The van der Waals surface area contributed by atoms with E-state index in [1.807, 2.05) is 36.4 Å². The first kappa shape index (κ1) is 19.1. The van der Waals surface area contributed by atoms with Gasteiger partial charge in [0.25, 0.3) is 0 Å². The molecule has 0 aliphatic carbocycles. The zero-order valence-electron chi connectivity index (χ0n) is 14.0. The summed E-state index contributed by atoms with van der Waals surface area (Å²) in [4.78, 5) is 15.7. The highest BCUT2D eigenvalue weighted by atomic mass is 35.5. The molecule has 0 aromatic heterocycles. The molecule has 26 heavy (non-hydrogen) atoms. The summed E-state index contributed by atoms with van der Waals surface area (Å²) in [5.41, 5.74) is 7.36. The fraction of sp³-hybridized carbons (Fsp3) is 0.211. The van der Waals surface area contributed by atoms with Crippen LogP contribution in [0.15, 0.2) is 52.3 Å². The molecule has 1 aliphatic heterocycles. The second-order valence-electron chi connectivity index (χ2n) is 5.69. The van der Waals surface area contributed by atoms with Crippen LogP contribution in [-0.2, 0) is 9.53 Å².